The predicted octanol–water partition coefficient (Wildman–Crippen LogP) is 16.5. The number of carbonyl (C=O) groups excluding carboxylic acids is 1. The Bertz CT molecular complexity index is 6290. The first-order valence-corrected chi connectivity index (χ1v) is 43.4. The molecule has 0 radical (unpaired) electrons. The Morgan fingerprint density at radius 2 is 0.857 bits per heavy atom. The second-order valence-corrected chi connectivity index (χ2v) is 40.2. The first kappa shape index (κ1) is 80.2. The summed E-state index contributed by atoms with van der Waals surface area (Å²) < 4.78 is 132. The van der Waals surface area contributed by atoms with Crippen molar-refractivity contribution in [3.8, 4) is 68.5 Å². The van der Waals surface area contributed by atoms with E-state index in [9.17, 15) is 39.6 Å². The van der Waals surface area contributed by atoms with Gasteiger partial charge in [-0.1, -0.05) is 73.6 Å². The number of nitrogens with zero attached hydrogens (tertiary/aromatic N) is 15. The maximum absolute atomic E-state index is 14.6. The first-order valence-electron chi connectivity index (χ1n) is 39.5. The summed E-state index contributed by atoms with van der Waals surface area (Å²) in [5, 5.41) is 29.6. The minimum absolute atomic E-state index is 0.0691. The smallest absolute Gasteiger partial charge is 0.246 e. The van der Waals surface area contributed by atoms with Crippen LogP contribution in [0.15, 0.2) is 142 Å². The number of nitrogens with one attached hydrogen (secondary N) is 2. The summed E-state index contributed by atoms with van der Waals surface area (Å²) >= 11 is 0. The lowest BCUT2D eigenvalue weighted by Crippen LogP contribution is -2.38. The van der Waals surface area contributed by atoms with Gasteiger partial charge in [-0.25, -0.2) is 61.0 Å². The molecule has 6 bridgehead atoms. The van der Waals surface area contributed by atoms with Gasteiger partial charge < -0.3 is 18.6 Å². The van der Waals surface area contributed by atoms with Crippen LogP contribution >= 0.6 is 0 Å². The van der Waals surface area contributed by atoms with Crippen LogP contribution in [0.4, 0.5) is 26.3 Å². The Morgan fingerprint density at radius 3 is 1.23 bits per heavy atom. The molecule has 1 amide bonds. The molecule has 12 aromatic rings. The van der Waals surface area contributed by atoms with Gasteiger partial charge in [0.05, 0.1) is 137 Å². The van der Waals surface area contributed by atoms with Crippen molar-refractivity contribution in [2.45, 2.75) is 184 Å². The van der Waals surface area contributed by atoms with Gasteiger partial charge in [0.2, 0.25) is 23.6 Å². The second-order valence-electron chi connectivity index (χ2n) is 34.8. The lowest BCUT2D eigenvalue weighted by atomic mass is 9.66. The van der Waals surface area contributed by atoms with Gasteiger partial charge in [-0.15, -0.1) is 15.3 Å². The second kappa shape index (κ2) is 28.8. The van der Waals surface area contributed by atoms with E-state index in [0.717, 1.165) is 96.5 Å². The van der Waals surface area contributed by atoms with Crippen molar-refractivity contribution in [1.29, 1.82) is 0 Å². The molecule has 7 aliphatic carbocycles. The average molecular weight is 1660 g/mol. The zero-order chi connectivity index (χ0) is 84.2. The molecule has 9 heterocycles. The minimum Gasteiger partial charge on any atom is -0.443 e. The Balaban J connectivity index is 0.000000128. The number of rotatable bonds is 18. The monoisotopic (exact) mass is 1660 g/mol. The van der Waals surface area contributed by atoms with Crippen molar-refractivity contribution in [2.24, 2.45) is 22.2 Å². The molecule has 4 saturated carbocycles. The molecule has 31 heteroatoms. The fraction of sp³-hybridized carbons (Fsp3) is 0.386. The molecule has 23 nitrogen and oxygen atoms in total. The van der Waals surface area contributed by atoms with Gasteiger partial charge >= 0.3 is 0 Å². The van der Waals surface area contributed by atoms with E-state index >= 15 is 0 Å². The van der Waals surface area contributed by atoms with Crippen LogP contribution in [-0.4, -0.2) is 113 Å². The van der Waals surface area contributed by atoms with E-state index in [1.807, 2.05) is 34.6 Å². The molecular weight excluding hydrogens is 1570 g/mol. The van der Waals surface area contributed by atoms with Crippen LogP contribution in [0, 0.1) is 57.1 Å². The third-order valence-corrected chi connectivity index (χ3v) is 31.0. The Kier molecular flexibility index (Phi) is 19.4. The van der Waals surface area contributed by atoms with Crippen molar-refractivity contribution in [3.05, 3.63) is 232 Å². The molecule has 9 aromatic heterocycles. The van der Waals surface area contributed by atoms with Gasteiger partial charge in [0.1, 0.15) is 70.8 Å². The summed E-state index contributed by atoms with van der Waals surface area (Å²) in [5.41, 5.74) is 7.68. The Hall–Kier alpha value is -11.2. The number of carbonyl (C=O) groups is 1. The lowest BCUT2D eigenvalue weighted by molar-refractivity contribution is -0.124. The molecule has 9 atom stereocenters. The van der Waals surface area contributed by atoms with Gasteiger partial charge in [0.15, 0.2) is 0 Å². The van der Waals surface area contributed by atoms with Crippen LogP contribution in [0.1, 0.15) is 219 Å². The topological polar surface area (TPSA) is 308 Å². The van der Waals surface area contributed by atoms with Gasteiger partial charge in [-0.05, 0) is 199 Å². The molecule has 0 spiro atoms. The number of hydrogen-bond donors (Lipinski definition) is 2. The maximum atomic E-state index is 14.6. The van der Waals surface area contributed by atoms with Crippen LogP contribution in [0.5, 0.6) is 0 Å². The quantitative estimate of drug-likeness (QED) is 0.0595. The molecule has 2 unspecified atom stereocenters. The molecule has 7 aliphatic rings. The summed E-state index contributed by atoms with van der Waals surface area (Å²) in [5.74, 6) is 4.70. The summed E-state index contributed by atoms with van der Waals surface area (Å²) in [6.45, 7) is 22.6. The van der Waals surface area contributed by atoms with Gasteiger partial charge in [-0.3, -0.25) is 28.2 Å². The molecule has 119 heavy (non-hydrogen) atoms. The number of aromatic nitrogens is 15. The SMILES string of the molecule is C=S(=O)(C1CC1)C(C)(C)c1coc(-c2cncc([C@@]34CC[C@@H](c5cc(-c6c(F)cccc6F)nnc53)C4(C)C)n2)n1.C=S(C)(=O)N[C@@H](C)c1coc(-c2cncc([C@@]34CC[C@@H](c5cc(-c6c(F)cccc6F)nnc53)C4(C)C)n2)n1.CC(C)C(=O)NCc1coc(-c2cncc([C@@]34CC[C@@H](c5cc(-c6c(F)cccc6F)nnc53)C4(C)C)n2)n1. The molecule has 0 aliphatic heterocycles. The van der Waals surface area contributed by atoms with Gasteiger partial charge in [-0.2, -0.15) is 15.3 Å². The van der Waals surface area contributed by atoms with Crippen LogP contribution in [0.2, 0.25) is 0 Å². The normalized spacial score (nSPS) is 22.9. The van der Waals surface area contributed by atoms with Gasteiger partial charge in [0, 0.05) is 45.7 Å². The van der Waals surface area contributed by atoms with Crippen molar-refractivity contribution in [1.82, 2.24) is 85.5 Å². The van der Waals surface area contributed by atoms with Crippen molar-refractivity contribution in [2.75, 3.05) is 6.26 Å². The predicted molar refractivity (Wildman–Crippen MR) is 435 cm³/mol. The Labute approximate surface area is 684 Å². The molecule has 4 fully saturated rings. The largest absolute Gasteiger partial charge is 0.443 e. The van der Waals surface area contributed by atoms with E-state index in [0.29, 0.717) is 51.6 Å². The zero-order valence-electron chi connectivity index (χ0n) is 67.6. The zero-order valence-corrected chi connectivity index (χ0v) is 69.2. The standard InChI is InChI=1S/C31H31F2N5O2S.C29H28F2N6O2.C28H28F2N6O2S/c1-29(2)19-11-12-31(29,27-18(19)13-22(37-38-27)26-20(32)7-6-8-21(26)33)24-15-34-14-23(35-24)28-36-25(16-40-28)30(3,4)41(5,39)17-9-10-17;1-15(2)26(38)33-11-16-14-39-27(34-16)22-12-32-13-23(35-22)29-9-8-18(28(29,3)4)17-10-21(36-37-25(17)29)24-19(30)6-5-7-20(24)31;1-15(36-39(4,5)37)22-14-38-26(33-22)21-12-31-13-23(32-21)28-10-9-17(27(28,2)3)16-11-20(34-35-25(16)28)24-18(29)7-6-8-19(24)30/h6-8,13-17,19H,5,9-12H2,1-4H3;5-7,10,12-15,18H,8-9,11H2,1-4H3,(H,33,38);6-8,11-15,17H,4,9-10H2,1-3,5H3,(H,36,37)/t19-,31-,41?;18-,29-;15-,17-,28-,39?/m000/s1. The highest BCUT2D eigenvalue weighted by molar-refractivity contribution is 8.02. The van der Waals surface area contributed by atoms with Crippen LogP contribution in [0.3, 0.4) is 0 Å². The van der Waals surface area contributed by atoms with E-state index in [1.54, 1.807) is 61.6 Å². The summed E-state index contributed by atoms with van der Waals surface area (Å²) in [6, 6.07) is 16.3. The fourth-order valence-electron chi connectivity index (χ4n) is 19.9. The lowest BCUT2D eigenvalue weighted by Gasteiger charge is -2.37. The third-order valence-electron chi connectivity index (χ3n) is 26.6. The highest BCUT2D eigenvalue weighted by Gasteiger charge is 2.68. The van der Waals surface area contributed by atoms with Crippen molar-refractivity contribution >= 4 is 36.9 Å². The number of oxazole rings is 3. The van der Waals surface area contributed by atoms with Crippen molar-refractivity contribution in [3.63, 3.8) is 0 Å². The van der Waals surface area contributed by atoms with E-state index in [4.69, 9.17) is 33.2 Å². The van der Waals surface area contributed by atoms with E-state index < -0.39 is 75.1 Å². The summed E-state index contributed by atoms with van der Waals surface area (Å²) in [4.78, 5) is 54.0. The van der Waals surface area contributed by atoms with E-state index in [2.05, 4.69) is 119 Å². The first-order chi connectivity index (χ1) is 56.4. The van der Waals surface area contributed by atoms with Crippen molar-refractivity contribution < 1.29 is 52.8 Å². The molecule has 614 valence electrons. The fourth-order valence-corrected chi connectivity index (χ4v) is 23.0. The highest BCUT2D eigenvalue weighted by Crippen LogP contribution is 2.72. The number of halogens is 6. The van der Waals surface area contributed by atoms with Gasteiger partial charge in [0.25, 0.3) is 0 Å². The van der Waals surface area contributed by atoms with Crippen LogP contribution < -0.4 is 10.0 Å². The Morgan fingerprint density at radius 1 is 0.496 bits per heavy atom. The van der Waals surface area contributed by atoms with E-state index in [-0.39, 0.29) is 103 Å². The number of amides is 1. The molecular formula is C88H87F6N17O6S2. The minimum atomic E-state index is -2.43. The van der Waals surface area contributed by atoms with Crippen LogP contribution in [-0.2, 0) is 51.6 Å². The molecule has 0 saturated heterocycles. The number of fused-ring (bicyclic) bond motifs is 15. The van der Waals surface area contributed by atoms with Crippen LogP contribution in [0.25, 0.3) is 68.5 Å². The highest BCUT2D eigenvalue weighted by atomic mass is 32.2. The summed E-state index contributed by atoms with van der Waals surface area (Å²) in [7, 11) is -4.85. The number of benzene rings is 3. The van der Waals surface area contributed by atoms with E-state index in [1.165, 1.54) is 73.4 Å². The maximum Gasteiger partial charge on any atom is 0.246 e. The number of hydrogen-bond acceptors (Lipinski definition) is 21. The molecule has 2 N–H and O–H groups in total. The average Bonchev–Trinajstić information content (AvgIpc) is 1.52. The third kappa shape index (κ3) is 12.7. The molecule has 19 rings (SSSR count). The summed E-state index contributed by atoms with van der Waals surface area (Å²) in [6.07, 6.45) is 22.9. The molecule has 3 aromatic carbocycles.